The van der Waals surface area contributed by atoms with Crippen LogP contribution < -0.4 is 10.6 Å². The number of rotatable bonds is 4. The third kappa shape index (κ3) is 4.49. The number of nitrogens with zero attached hydrogens (tertiary/aromatic N) is 1. The van der Waals surface area contributed by atoms with Gasteiger partial charge in [-0.05, 0) is 41.0 Å². The molecule has 6 heteroatoms. The Hall–Kier alpha value is -2.92. The minimum Gasteiger partial charge on any atom is -0.347 e. The smallest absolute Gasteiger partial charge is 0.192 e. The van der Waals surface area contributed by atoms with E-state index in [2.05, 4.69) is 15.6 Å². The first-order valence-corrected chi connectivity index (χ1v) is 8.81. The molecule has 0 bridgehead atoms. The summed E-state index contributed by atoms with van der Waals surface area (Å²) in [6.45, 7) is 0.516. The molecule has 1 aliphatic heterocycles. The predicted molar refractivity (Wildman–Crippen MR) is 109 cm³/mol. The largest absolute Gasteiger partial charge is 0.347 e. The molecule has 1 heterocycles. The number of hydrogen-bond acceptors (Lipinski definition) is 1. The minimum absolute atomic E-state index is 0. The van der Waals surface area contributed by atoms with Crippen LogP contribution in [0.15, 0.2) is 83.9 Å². The Kier molecular flexibility index (Phi) is 6.26. The number of guanidine groups is 1. The van der Waals surface area contributed by atoms with Crippen LogP contribution in [0.25, 0.3) is 0 Å². The maximum atomic E-state index is 13.7. The molecule has 2 unspecified atom stereocenters. The summed E-state index contributed by atoms with van der Waals surface area (Å²) < 4.78 is 27.5. The van der Waals surface area contributed by atoms with Crippen LogP contribution in [0.5, 0.6) is 0 Å². The SMILES string of the molecule is Cl.Fc1cccc(C2NC(=NCc3ccccc3)NC2c2cccc(F)c2)c1. The molecule has 4 rings (SSSR count). The second kappa shape index (κ2) is 8.85. The lowest BCUT2D eigenvalue weighted by Crippen LogP contribution is -2.25. The number of benzene rings is 3. The van der Waals surface area contributed by atoms with Crippen LogP contribution in [-0.2, 0) is 6.54 Å². The maximum Gasteiger partial charge on any atom is 0.192 e. The lowest BCUT2D eigenvalue weighted by Gasteiger charge is -2.19. The zero-order valence-corrected chi connectivity index (χ0v) is 15.8. The van der Waals surface area contributed by atoms with Crippen molar-refractivity contribution in [3.05, 3.63) is 107 Å². The van der Waals surface area contributed by atoms with Gasteiger partial charge >= 0.3 is 0 Å². The summed E-state index contributed by atoms with van der Waals surface area (Å²) in [6.07, 6.45) is 0. The van der Waals surface area contributed by atoms with E-state index in [1.54, 1.807) is 12.1 Å². The van der Waals surface area contributed by atoms with E-state index < -0.39 is 0 Å². The first-order valence-electron chi connectivity index (χ1n) is 8.81. The second-order valence-electron chi connectivity index (χ2n) is 6.50. The fourth-order valence-corrected chi connectivity index (χ4v) is 3.30. The summed E-state index contributed by atoms with van der Waals surface area (Å²) in [5.41, 5.74) is 2.65. The summed E-state index contributed by atoms with van der Waals surface area (Å²) in [6, 6.07) is 22.3. The molecule has 0 saturated carbocycles. The molecule has 3 aromatic rings. The standard InChI is InChI=1S/C22H19F2N3.ClH/c23-18-10-4-8-16(12-18)20-21(17-9-5-11-19(24)13-17)27-22(26-20)25-14-15-6-2-1-3-7-15;/h1-13,20-21H,14H2,(H2,25,26,27);1H. The Morgan fingerprint density at radius 2 is 1.25 bits per heavy atom. The Balaban J connectivity index is 0.00000225. The van der Waals surface area contributed by atoms with Crippen LogP contribution in [0.3, 0.4) is 0 Å². The van der Waals surface area contributed by atoms with Crippen molar-refractivity contribution < 1.29 is 8.78 Å². The van der Waals surface area contributed by atoms with Gasteiger partial charge in [0, 0.05) is 0 Å². The normalized spacial score (nSPS) is 18.0. The summed E-state index contributed by atoms with van der Waals surface area (Å²) >= 11 is 0. The van der Waals surface area contributed by atoms with Gasteiger partial charge in [-0.1, -0.05) is 54.6 Å². The van der Waals surface area contributed by atoms with E-state index in [9.17, 15) is 8.78 Å². The van der Waals surface area contributed by atoms with Crippen molar-refractivity contribution in [3.8, 4) is 0 Å². The number of hydrogen-bond donors (Lipinski definition) is 2. The molecule has 3 aromatic carbocycles. The van der Waals surface area contributed by atoms with Crippen LogP contribution >= 0.6 is 12.4 Å². The van der Waals surface area contributed by atoms with Crippen molar-refractivity contribution in [2.24, 2.45) is 4.99 Å². The molecule has 2 atom stereocenters. The van der Waals surface area contributed by atoms with Gasteiger partial charge in [0.05, 0.1) is 18.6 Å². The molecule has 144 valence electrons. The van der Waals surface area contributed by atoms with Gasteiger partial charge in [-0.25, -0.2) is 13.8 Å². The highest BCUT2D eigenvalue weighted by Crippen LogP contribution is 2.33. The van der Waals surface area contributed by atoms with E-state index in [1.165, 1.54) is 24.3 Å². The Bertz CT molecular complexity index is 907. The molecular weight excluding hydrogens is 380 g/mol. The van der Waals surface area contributed by atoms with E-state index >= 15 is 0 Å². The molecule has 1 aliphatic rings. The molecule has 0 spiro atoms. The monoisotopic (exact) mass is 399 g/mol. The zero-order chi connectivity index (χ0) is 18.6. The highest BCUT2D eigenvalue weighted by Gasteiger charge is 2.33. The van der Waals surface area contributed by atoms with Gasteiger partial charge in [0.15, 0.2) is 5.96 Å². The molecule has 3 nitrogen and oxygen atoms in total. The van der Waals surface area contributed by atoms with Gasteiger partial charge in [-0.2, -0.15) is 0 Å². The number of aliphatic imine (C=N–C) groups is 1. The molecule has 0 radical (unpaired) electrons. The fourth-order valence-electron chi connectivity index (χ4n) is 3.30. The van der Waals surface area contributed by atoms with E-state index in [1.807, 2.05) is 42.5 Å². The van der Waals surface area contributed by atoms with Gasteiger partial charge in [0.2, 0.25) is 0 Å². The van der Waals surface area contributed by atoms with Crippen LogP contribution in [-0.4, -0.2) is 5.96 Å². The fraction of sp³-hybridized carbons (Fsp3) is 0.136. The first kappa shape index (κ1) is 19.8. The van der Waals surface area contributed by atoms with Crippen molar-refractivity contribution >= 4 is 18.4 Å². The molecule has 28 heavy (non-hydrogen) atoms. The Morgan fingerprint density at radius 1 is 0.714 bits per heavy atom. The molecule has 2 N–H and O–H groups in total. The third-order valence-electron chi connectivity index (χ3n) is 4.60. The molecule has 0 aliphatic carbocycles. The van der Waals surface area contributed by atoms with Crippen LogP contribution in [0.2, 0.25) is 0 Å². The Labute approximate surface area is 168 Å². The van der Waals surface area contributed by atoms with E-state index in [0.717, 1.165) is 16.7 Å². The number of halogens is 3. The average Bonchev–Trinajstić information content (AvgIpc) is 3.12. The van der Waals surface area contributed by atoms with Gasteiger partial charge < -0.3 is 10.6 Å². The quantitative estimate of drug-likeness (QED) is 0.653. The highest BCUT2D eigenvalue weighted by atomic mass is 35.5. The summed E-state index contributed by atoms with van der Waals surface area (Å²) in [7, 11) is 0. The number of nitrogens with one attached hydrogen (secondary N) is 2. The second-order valence-corrected chi connectivity index (χ2v) is 6.50. The predicted octanol–water partition coefficient (Wildman–Crippen LogP) is 4.92. The first-order chi connectivity index (χ1) is 13.2. The maximum absolute atomic E-state index is 13.7. The third-order valence-corrected chi connectivity index (χ3v) is 4.60. The van der Waals surface area contributed by atoms with E-state index in [0.29, 0.717) is 12.5 Å². The van der Waals surface area contributed by atoms with Crippen LogP contribution in [0, 0.1) is 11.6 Å². The lowest BCUT2D eigenvalue weighted by molar-refractivity contribution is 0.540. The van der Waals surface area contributed by atoms with Gasteiger partial charge in [-0.15, -0.1) is 12.4 Å². The topological polar surface area (TPSA) is 36.4 Å². The zero-order valence-electron chi connectivity index (χ0n) is 15.0. The average molecular weight is 400 g/mol. The van der Waals surface area contributed by atoms with Crippen LogP contribution in [0.1, 0.15) is 28.8 Å². The van der Waals surface area contributed by atoms with Crippen molar-refractivity contribution in [3.63, 3.8) is 0 Å². The van der Waals surface area contributed by atoms with Crippen molar-refractivity contribution in [2.45, 2.75) is 18.6 Å². The Morgan fingerprint density at radius 3 is 1.75 bits per heavy atom. The molecule has 1 fully saturated rings. The molecule has 0 aromatic heterocycles. The summed E-state index contributed by atoms with van der Waals surface area (Å²) in [4.78, 5) is 4.60. The summed E-state index contributed by atoms with van der Waals surface area (Å²) in [5.74, 6) is 0.00584. The van der Waals surface area contributed by atoms with Gasteiger partial charge in [0.25, 0.3) is 0 Å². The highest BCUT2D eigenvalue weighted by molar-refractivity contribution is 5.85. The van der Waals surface area contributed by atoms with Crippen molar-refractivity contribution in [1.29, 1.82) is 0 Å². The molecule has 1 saturated heterocycles. The summed E-state index contributed by atoms with van der Waals surface area (Å²) in [5, 5.41) is 6.65. The van der Waals surface area contributed by atoms with Crippen molar-refractivity contribution in [1.82, 2.24) is 10.6 Å². The van der Waals surface area contributed by atoms with E-state index in [-0.39, 0.29) is 36.1 Å². The molecule has 0 amide bonds. The molecular formula is C22H20ClF2N3. The van der Waals surface area contributed by atoms with Crippen LogP contribution in [0.4, 0.5) is 8.78 Å². The lowest BCUT2D eigenvalue weighted by atomic mass is 9.95. The minimum atomic E-state index is -0.304. The van der Waals surface area contributed by atoms with Crippen molar-refractivity contribution in [2.75, 3.05) is 0 Å². The van der Waals surface area contributed by atoms with E-state index in [4.69, 9.17) is 0 Å². The van der Waals surface area contributed by atoms with Gasteiger partial charge in [-0.3, -0.25) is 0 Å². The van der Waals surface area contributed by atoms with Gasteiger partial charge in [0.1, 0.15) is 11.6 Å².